The molecule has 1 aliphatic carbocycles. The summed E-state index contributed by atoms with van der Waals surface area (Å²) in [6.45, 7) is 4.55. The van der Waals surface area contributed by atoms with Crippen molar-refractivity contribution in [2.24, 2.45) is 11.8 Å². The smallest absolute Gasteiger partial charge is 0.287 e. The molecule has 0 aromatic carbocycles. The van der Waals surface area contributed by atoms with Crippen LogP contribution in [0, 0.1) is 11.8 Å². The monoisotopic (exact) mass is 306 g/mol. The molecule has 1 aliphatic rings. The highest BCUT2D eigenvalue weighted by Gasteiger charge is 2.26. The molecule has 1 atom stereocenters. The molecule has 5 heteroatoms. The lowest BCUT2D eigenvalue weighted by Gasteiger charge is -2.25. The fourth-order valence-corrected chi connectivity index (χ4v) is 2.90. The number of rotatable bonds is 6. The average Bonchev–Trinajstić information content (AvgIpc) is 3.05. The van der Waals surface area contributed by atoms with E-state index in [9.17, 15) is 9.59 Å². The van der Waals surface area contributed by atoms with Crippen LogP contribution < -0.4 is 10.6 Å². The molecular weight excluding hydrogens is 280 g/mol. The van der Waals surface area contributed by atoms with Crippen molar-refractivity contribution in [1.29, 1.82) is 0 Å². The molecule has 5 nitrogen and oxygen atoms in total. The molecule has 1 saturated carbocycles. The van der Waals surface area contributed by atoms with Crippen LogP contribution in [0.2, 0.25) is 0 Å². The van der Waals surface area contributed by atoms with Crippen LogP contribution in [0.15, 0.2) is 22.8 Å². The zero-order valence-electron chi connectivity index (χ0n) is 13.4. The molecule has 122 valence electrons. The summed E-state index contributed by atoms with van der Waals surface area (Å²) in [5.41, 5.74) is 0. The van der Waals surface area contributed by atoms with E-state index in [-0.39, 0.29) is 23.5 Å². The maximum Gasteiger partial charge on any atom is 0.287 e. The summed E-state index contributed by atoms with van der Waals surface area (Å²) in [7, 11) is 0. The highest BCUT2D eigenvalue weighted by molar-refractivity contribution is 5.95. The number of carbonyl (C=O) groups excluding carboxylic acids is 2. The lowest BCUT2D eigenvalue weighted by Crippen LogP contribution is -2.50. The van der Waals surface area contributed by atoms with Gasteiger partial charge in [-0.3, -0.25) is 9.59 Å². The third kappa shape index (κ3) is 4.61. The lowest BCUT2D eigenvalue weighted by atomic mass is 9.89. The molecule has 0 aliphatic heterocycles. The fraction of sp³-hybridized carbons (Fsp3) is 0.647. The quantitative estimate of drug-likeness (QED) is 0.849. The van der Waals surface area contributed by atoms with Gasteiger partial charge in [-0.15, -0.1) is 0 Å². The SMILES string of the molecule is CC(C)C(NC(=O)c1ccco1)C(=O)NCC1CCCCC1. The van der Waals surface area contributed by atoms with E-state index in [1.54, 1.807) is 12.1 Å². The van der Waals surface area contributed by atoms with Crippen molar-refractivity contribution >= 4 is 11.8 Å². The van der Waals surface area contributed by atoms with E-state index in [0.717, 1.165) is 0 Å². The van der Waals surface area contributed by atoms with Crippen LogP contribution in [0.25, 0.3) is 0 Å². The molecule has 1 aromatic rings. The molecule has 0 saturated heterocycles. The molecule has 1 aromatic heterocycles. The Labute approximate surface area is 131 Å². The van der Waals surface area contributed by atoms with Gasteiger partial charge in [-0.25, -0.2) is 0 Å². The van der Waals surface area contributed by atoms with Crippen molar-refractivity contribution in [3.8, 4) is 0 Å². The van der Waals surface area contributed by atoms with Crippen LogP contribution in [-0.4, -0.2) is 24.4 Å². The third-order valence-corrected chi connectivity index (χ3v) is 4.27. The van der Waals surface area contributed by atoms with Crippen LogP contribution in [0.3, 0.4) is 0 Å². The van der Waals surface area contributed by atoms with Crippen LogP contribution in [0.1, 0.15) is 56.5 Å². The first-order chi connectivity index (χ1) is 10.6. The number of nitrogens with one attached hydrogen (secondary N) is 2. The van der Waals surface area contributed by atoms with Gasteiger partial charge in [-0.1, -0.05) is 33.1 Å². The van der Waals surface area contributed by atoms with Crippen molar-refractivity contribution < 1.29 is 14.0 Å². The lowest BCUT2D eigenvalue weighted by molar-refractivity contribution is -0.124. The topological polar surface area (TPSA) is 71.3 Å². The second-order valence-electron chi connectivity index (χ2n) is 6.42. The van der Waals surface area contributed by atoms with E-state index in [4.69, 9.17) is 4.42 Å². The Morgan fingerprint density at radius 3 is 2.59 bits per heavy atom. The van der Waals surface area contributed by atoms with E-state index in [2.05, 4.69) is 10.6 Å². The number of hydrogen-bond donors (Lipinski definition) is 2. The standard InChI is InChI=1S/C17H26N2O3/c1-12(2)15(19-16(20)14-9-6-10-22-14)17(21)18-11-13-7-4-3-5-8-13/h6,9-10,12-13,15H,3-5,7-8,11H2,1-2H3,(H,18,21)(H,19,20). The molecule has 0 radical (unpaired) electrons. The molecule has 2 N–H and O–H groups in total. The highest BCUT2D eigenvalue weighted by Crippen LogP contribution is 2.22. The van der Waals surface area contributed by atoms with E-state index >= 15 is 0 Å². The molecule has 1 heterocycles. The van der Waals surface area contributed by atoms with Gasteiger partial charge >= 0.3 is 0 Å². The third-order valence-electron chi connectivity index (χ3n) is 4.27. The summed E-state index contributed by atoms with van der Waals surface area (Å²) in [5.74, 6) is 0.360. The van der Waals surface area contributed by atoms with Gasteiger partial charge in [0, 0.05) is 6.54 Å². The van der Waals surface area contributed by atoms with E-state index in [1.807, 2.05) is 13.8 Å². The van der Waals surface area contributed by atoms with Gasteiger partial charge in [0.1, 0.15) is 6.04 Å². The molecule has 1 unspecified atom stereocenters. The largest absolute Gasteiger partial charge is 0.459 e. The van der Waals surface area contributed by atoms with Crippen molar-refractivity contribution in [1.82, 2.24) is 10.6 Å². The fourth-order valence-electron chi connectivity index (χ4n) is 2.90. The summed E-state index contributed by atoms with van der Waals surface area (Å²) >= 11 is 0. The Balaban J connectivity index is 1.86. The Morgan fingerprint density at radius 1 is 1.27 bits per heavy atom. The normalized spacial score (nSPS) is 17.2. The van der Waals surface area contributed by atoms with Crippen LogP contribution in [0.5, 0.6) is 0 Å². The average molecular weight is 306 g/mol. The second kappa shape index (κ2) is 8.01. The highest BCUT2D eigenvalue weighted by atomic mass is 16.3. The van der Waals surface area contributed by atoms with E-state index in [1.165, 1.54) is 38.4 Å². The number of hydrogen-bond acceptors (Lipinski definition) is 3. The number of furan rings is 1. The molecule has 2 amide bonds. The van der Waals surface area contributed by atoms with Gasteiger partial charge in [0.05, 0.1) is 6.26 Å². The van der Waals surface area contributed by atoms with E-state index < -0.39 is 6.04 Å². The van der Waals surface area contributed by atoms with Gasteiger partial charge in [0.2, 0.25) is 5.91 Å². The number of carbonyl (C=O) groups is 2. The first-order valence-corrected chi connectivity index (χ1v) is 8.20. The predicted octanol–water partition coefficient (Wildman–Crippen LogP) is 2.73. The Bertz CT molecular complexity index is 476. The molecule has 2 rings (SSSR count). The summed E-state index contributed by atoms with van der Waals surface area (Å²) in [5, 5.41) is 5.76. The Hall–Kier alpha value is -1.78. The molecule has 1 fully saturated rings. The predicted molar refractivity (Wildman–Crippen MR) is 84.4 cm³/mol. The van der Waals surface area contributed by atoms with Crippen LogP contribution >= 0.6 is 0 Å². The van der Waals surface area contributed by atoms with Crippen LogP contribution in [-0.2, 0) is 4.79 Å². The zero-order chi connectivity index (χ0) is 15.9. The van der Waals surface area contributed by atoms with Gasteiger partial charge in [-0.2, -0.15) is 0 Å². The summed E-state index contributed by atoms with van der Waals surface area (Å²) in [6.07, 6.45) is 7.63. The zero-order valence-corrected chi connectivity index (χ0v) is 13.4. The minimum atomic E-state index is -0.541. The number of amides is 2. The molecule has 22 heavy (non-hydrogen) atoms. The first-order valence-electron chi connectivity index (χ1n) is 8.20. The van der Waals surface area contributed by atoms with E-state index in [0.29, 0.717) is 12.5 Å². The van der Waals surface area contributed by atoms with Crippen molar-refractivity contribution in [3.63, 3.8) is 0 Å². The summed E-state index contributed by atoms with van der Waals surface area (Å²) in [6, 6.07) is 2.70. The van der Waals surface area contributed by atoms with Gasteiger partial charge in [0.15, 0.2) is 5.76 Å². The first kappa shape index (κ1) is 16.6. The summed E-state index contributed by atoms with van der Waals surface area (Å²) in [4.78, 5) is 24.4. The summed E-state index contributed by atoms with van der Waals surface area (Å²) < 4.78 is 5.07. The van der Waals surface area contributed by atoms with Crippen molar-refractivity contribution in [2.45, 2.75) is 52.0 Å². The second-order valence-corrected chi connectivity index (χ2v) is 6.42. The van der Waals surface area contributed by atoms with Crippen LogP contribution in [0.4, 0.5) is 0 Å². The minimum Gasteiger partial charge on any atom is -0.459 e. The van der Waals surface area contributed by atoms with Gasteiger partial charge in [0.25, 0.3) is 5.91 Å². The molecule has 0 spiro atoms. The van der Waals surface area contributed by atoms with Gasteiger partial charge in [-0.05, 0) is 36.8 Å². The Kier molecular flexibility index (Phi) is 6.04. The Morgan fingerprint density at radius 2 is 2.00 bits per heavy atom. The maximum atomic E-state index is 12.4. The molecular formula is C17H26N2O3. The minimum absolute atomic E-state index is 0.0188. The van der Waals surface area contributed by atoms with Gasteiger partial charge < -0.3 is 15.1 Å². The molecule has 0 bridgehead atoms. The van der Waals surface area contributed by atoms with Crippen molar-refractivity contribution in [2.75, 3.05) is 6.54 Å². The maximum absolute atomic E-state index is 12.4. The van der Waals surface area contributed by atoms with Crippen molar-refractivity contribution in [3.05, 3.63) is 24.2 Å².